The predicted octanol–water partition coefficient (Wildman–Crippen LogP) is 2.75. The molecule has 0 aliphatic rings. The Hall–Kier alpha value is 0.210. The first-order chi connectivity index (χ1) is 5.18. The lowest BCUT2D eigenvalue weighted by Crippen LogP contribution is -2.26. The minimum atomic E-state index is -0.894. The second-order valence-electron chi connectivity index (χ2n) is 2.53. The maximum atomic E-state index is 5.90. The van der Waals surface area contributed by atoms with Gasteiger partial charge in [-0.2, -0.15) is 0 Å². The maximum Gasteiger partial charge on any atom is 0.247 e. The monoisotopic (exact) mass is 180 g/mol. The molecule has 0 fully saturated rings. The van der Waals surface area contributed by atoms with E-state index in [1.54, 1.807) is 14.2 Å². The third kappa shape index (κ3) is 4.62. The molecule has 0 unspecified atom stereocenters. The van der Waals surface area contributed by atoms with Gasteiger partial charge < -0.3 is 9.47 Å². The number of methoxy groups -OCH3 is 2. The lowest BCUT2D eigenvalue weighted by Gasteiger charge is -2.22. The molecule has 0 aliphatic carbocycles. The molecular weight excluding hydrogens is 164 g/mol. The molecule has 2 nitrogen and oxygen atoms in total. The van der Waals surface area contributed by atoms with E-state index in [-0.39, 0.29) is 0 Å². The molecule has 0 saturated heterocycles. The molecule has 0 bridgehead atoms. The molecule has 0 atom stereocenters. The van der Waals surface area contributed by atoms with Gasteiger partial charge in [-0.1, -0.05) is 31.4 Å². The van der Waals surface area contributed by atoms with Gasteiger partial charge in [-0.15, -0.1) is 0 Å². The third-order valence-electron chi connectivity index (χ3n) is 1.69. The first kappa shape index (κ1) is 11.2. The van der Waals surface area contributed by atoms with Crippen molar-refractivity contribution in [3.05, 3.63) is 0 Å². The molecule has 0 amide bonds. The lowest BCUT2D eigenvalue weighted by atomic mass is 10.2. The molecule has 0 heterocycles. The quantitative estimate of drug-likeness (QED) is 0.356. The van der Waals surface area contributed by atoms with Gasteiger partial charge in [0.15, 0.2) is 0 Å². The number of hydrogen-bond acceptors (Lipinski definition) is 2. The van der Waals surface area contributed by atoms with Gasteiger partial charge in [0, 0.05) is 20.6 Å². The first-order valence-electron chi connectivity index (χ1n) is 3.97. The SMILES string of the molecule is CCCCCC(Cl)(OC)OC. The van der Waals surface area contributed by atoms with Crippen molar-refractivity contribution in [1.29, 1.82) is 0 Å². The summed E-state index contributed by atoms with van der Waals surface area (Å²) < 4.78 is 9.95. The highest BCUT2D eigenvalue weighted by Gasteiger charge is 2.24. The van der Waals surface area contributed by atoms with Crippen LogP contribution in [0.2, 0.25) is 0 Å². The van der Waals surface area contributed by atoms with Gasteiger partial charge in [-0.05, 0) is 6.42 Å². The van der Waals surface area contributed by atoms with Crippen molar-refractivity contribution >= 4 is 11.6 Å². The third-order valence-corrected chi connectivity index (χ3v) is 2.19. The molecular formula is C8H17ClO2. The molecule has 0 saturated carbocycles. The van der Waals surface area contributed by atoms with Crippen molar-refractivity contribution in [2.24, 2.45) is 0 Å². The minimum Gasteiger partial charge on any atom is -0.341 e. The normalized spacial score (nSPS) is 12.0. The Balaban J connectivity index is 3.51. The summed E-state index contributed by atoms with van der Waals surface area (Å²) in [5.74, 6) is 0. The van der Waals surface area contributed by atoms with Crippen LogP contribution in [0.25, 0.3) is 0 Å². The first-order valence-corrected chi connectivity index (χ1v) is 4.35. The Morgan fingerprint density at radius 1 is 1.18 bits per heavy atom. The van der Waals surface area contributed by atoms with Crippen molar-refractivity contribution < 1.29 is 9.47 Å². The van der Waals surface area contributed by atoms with Crippen LogP contribution < -0.4 is 0 Å². The van der Waals surface area contributed by atoms with Gasteiger partial charge in [0.2, 0.25) is 5.25 Å². The van der Waals surface area contributed by atoms with Gasteiger partial charge in [0.05, 0.1) is 0 Å². The van der Waals surface area contributed by atoms with Crippen LogP contribution in [0.3, 0.4) is 0 Å². The summed E-state index contributed by atoms with van der Waals surface area (Å²) >= 11 is 5.90. The van der Waals surface area contributed by atoms with Gasteiger partial charge in [-0.25, -0.2) is 0 Å². The van der Waals surface area contributed by atoms with E-state index in [1.165, 1.54) is 12.8 Å². The molecule has 0 aliphatic heterocycles. The van der Waals surface area contributed by atoms with Crippen LogP contribution in [0.15, 0.2) is 0 Å². The zero-order valence-electron chi connectivity index (χ0n) is 7.52. The van der Waals surface area contributed by atoms with Gasteiger partial charge in [-0.3, -0.25) is 0 Å². The fraction of sp³-hybridized carbons (Fsp3) is 1.00. The molecule has 0 rings (SSSR count). The van der Waals surface area contributed by atoms with E-state index < -0.39 is 5.25 Å². The number of alkyl halides is 1. The molecule has 0 spiro atoms. The summed E-state index contributed by atoms with van der Waals surface area (Å²) in [5.41, 5.74) is 0. The number of rotatable bonds is 6. The van der Waals surface area contributed by atoms with Crippen LogP contribution >= 0.6 is 11.6 Å². The van der Waals surface area contributed by atoms with E-state index in [1.807, 2.05) is 0 Å². The molecule has 0 radical (unpaired) electrons. The Morgan fingerprint density at radius 2 is 1.73 bits per heavy atom. The standard InChI is InChI=1S/C8H17ClO2/c1-4-5-6-7-8(9,10-2)11-3/h4-7H2,1-3H3. The molecule has 0 aromatic rings. The Kier molecular flexibility index (Phi) is 5.92. The van der Waals surface area contributed by atoms with Crippen molar-refractivity contribution in [1.82, 2.24) is 0 Å². The summed E-state index contributed by atoms with van der Waals surface area (Å²) in [6.07, 6.45) is 4.14. The van der Waals surface area contributed by atoms with Gasteiger partial charge in [0.25, 0.3) is 0 Å². The highest BCUT2D eigenvalue weighted by Crippen LogP contribution is 2.24. The van der Waals surface area contributed by atoms with E-state index in [0.29, 0.717) is 0 Å². The average molecular weight is 181 g/mol. The summed E-state index contributed by atoms with van der Waals surface area (Å²) in [6.45, 7) is 2.15. The number of hydrogen-bond donors (Lipinski definition) is 0. The van der Waals surface area contributed by atoms with Crippen molar-refractivity contribution in [2.45, 2.75) is 37.9 Å². The van der Waals surface area contributed by atoms with Crippen LogP contribution in [0.5, 0.6) is 0 Å². The van der Waals surface area contributed by atoms with E-state index >= 15 is 0 Å². The minimum absolute atomic E-state index is 0.745. The maximum absolute atomic E-state index is 5.90. The van der Waals surface area contributed by atoms with Crippen LogP contribution in [0.4, 0.5) is 0 Å². The fourth-order valence-electron chi connectivity index (χ4n) is 0.874. The van der Waals surface area contributed by atoms with Crippen LogP contribution in [-0.4, -0.2) is 19.5 Å². The zero-order valence-corrected chi connectivity index (χ0v) is 8.28. The second kappa shape index (κ2) is 5.81. The molecule has 0 aromatic carbocycles. The van der Waals surface area contributed by atoms with Crippen LogP contribution in [0.1, 0.15) is 32.6 Å². The van der Waals surface area contributed by atoms with Crippen molar-refractivity contribution in [3.63, 3.8) is 0 Å². The summed E-state index contributed by atoms with van der Waals surface area (Å²) in [5, 5.41) is -0.894. The van der Waals surface area contributed by atoms with Crippen molar-refractivity contribution in [2.75, 3.05) is 14.2 Å². The Labute approximate surface area is 73.8 Å². The number of halogens is 1. The summed E-state index contributed by atoms with van der Waals surface area (Å²) in [4.78, 5) is 0. The highest BCUT2D eigenvalue weighted by molar-refractivity contribution is 6.21. The summed E-state index contributed by atoms with van der Waals surface area (Å²) in [7, 11) is 3.12. The molecule has 0 aromatic heterocycles. The number of ether oxygens (including phenoxy) is 2. The van der Waals surface area contributed by atoms with Gasteiger partial charge in [0.1, 0.15) is 0 Å². The molecule has 68 valence electrons. The molecule has 3 heteroatoms. The zero-order chi connectivity index (χ0) is 8.74. The molecule has 11 heavy (non-hydrogen) atoms. The summed E-state index contributed by atoms with van der Waals surface area (Å²) in [6, 6.07) is 0. The van der Waals surface area contributed by atoms with Crippen LogP contribution in [0, 0.1) is 0 Å². The average Bonchev–Trinajstić information content (AvgIpc) is 2.05. The fourth-order valence-corrected chi connectivity index (χ4v) is 1.01. The number of unbranched alkanes of at least 4 members (excludes halogenated alkanes) is 2. The highest BCUT2D eigenvalue weighted by atomic mass is 35.5. The Bertz CT molecular complexity index is 92.1. The lowest BCUT2D eigenvalue weighted by molar-refractivity contribution is -0.146. The van der Waals surface area contributed by atoms with Gasteiger partial charge >= 0.3 is 0 Å². The topological polar surface area (TPSA) is 18.5 Å². The molecule has 0 N–H and O–H groups in total. The largest absolute Gasteiger partial charge is 0.341 e. The van der Waals surface area contributed by atoms with Crippen molar-refractivity contribution in [3.8, 4) is 0 Å². The van der Waals surface area contributed by atoms with E-state index in [0.717, 1.165) is 12.8 Å². The van der Waals surface area contributed by atoms with E-state index in [9.17, 15) is 0 Å². The smallest absolute Gasteiger partial charge is 0.247 e. The second-order valence-corrected chi connectivity index (χ2v) is 3.10. The van der Waals surface area contributed by atoms with E-state index in [2.05, 4.69) is 6.92 Å². The predicted molar refractivity (Wildman–Crippen MR) is 46.7 cm³/mol. The van der Waals surface area contributed by atoms with E-state index in [4.69, 9.17) is 21.1 Å². The Morgan fingerprint density at radius 3 is 2.09 bits per heavy atom. The van der Waals surface area contributed by atoms with Crippen LogP contribution in [-0.2, 0) is 9.47 Å².